The second-order valence-corrected chi connectivity index (χ2v) is 8.89. The van der Waals surface area contributed by atoms with Crippen LogP contribution in [0.3, 0.4) is 0 Å². The van der Waals surface area contributed by atoms with Gasteiger partial charge in [-0.2, -0.15) is 0 Å². The van der Waals surface area contributed by atoms with Crippen LogP contribution in [0.25, 0.3) is 33.6 Å². The molecule has 4 rings (SSSR count). The van der Waals surface area contributed by atoms with Gasteiger partial charge in [-0.25, -0.2) is 4.98 Å². The van der Waals surface area contributed by atoms with Crippen molar-refractivity contribution in [3.63, 3.8) is 0 Å². The third-order valence-electron chi connectivity index (χ3n) is 5.86. The van der Waals surface area contributed by atoms with Crippen LogP contribution in [0, 0.1) is 6.92 Å². The minimum absolute atomic E-state index is 0.0734. The number of nitrogens with one attached hydrogen (secondary N) is 1. The van der Waals surface area contributed by atoms with E-state index in [0.717, 1.165) is 33.4 Å². The smallest absolute Gasteiger partial charge is 0.216 e. The van der Waals surface area contributed by atoms with Gasteiger partial charge in [0.05, 0.1) is 42.3 Å². The third-order valence-corrected chi connectivity index (χ3v) is 6.65. The van der Waals surface area contributed by atoms with Crippen molar-refractivity contribution in [3.05, 3.63) is 82.0 Å². The number of pyridine rings is 2. The van der Waals surface area contributed by atoms with E-state index in [9.17, 15) is 0 Å². The van der Waals surface area contributed by atoms with E-state index in [1.807, 2.05) is 61.5 Å². The summed E-state index contributed by atoms with van der Waals surface area (Å²) < 4.78 is 11.0. The van der Waals surface area contributed by atoms with E-state index in [1.165, 1.54) is 0 Å². The van der Waals surface area contributed by atoms with E-state index in [1.54, 1.807) is 20.4 Å². The average molecular weight is 524 g/mol. The molecule has 4 aromatic rings. The molecule has 0 aliphatic heterocycles. The van der Waals surface area contributed by atoms with E-state index in [0.29, 0.717) is 46.2 Å². The fraction of sp³-hybridized carbons (Fsp3) is 0.214. The molecule has 0 saturated heterocycles. The first kappa shape index (κ1) is 25.9. The molecule has 0 radical (unpaired) electrons. The number of hydrogen-bond acceptors (Lipinski definition) is 6. The Balaban J connectivity index is 1.75. The number of aliphatic hydroxyl groups excluding tert-OH is 1. The van der Waals surface area contributed by atoms with E-state index < -0.39 is 0 Å². The first-order valence-electron chi connectivity index (χ1n) is 11.4. The number of halogens is 2. The SMILES string of the molecule is COc1cc(-c2nccc(-c3cccc(-c4ccc(C)c(OC)n4)c3Cl)c2Cl)ccc1CNCCO. The largest absolute Gasteiger partial charge is 0.496 e. The highest BCUT2D eigenvalue weighted by Gasteiger charge is 2.18. The molecule has 2 aromatic heterocycles. The maximum atomic E-state index is 9.01. The first-order chi connectivity index (χ1) is 17.5. The predicted octanol–water partition coefficient (Wildman–Crippen LogP) is 6.19. The van der Waals surface area contributed by atoms with Crippen LogP contribution in [0.5, 0.6) is 11.6 Å². The molecule has 0 aliphatic rings. The van der Waals surface area contributed by atoms with Crippen LogP contribution in [0.15, 0.2) is 60.8 Å². The van der Waals surface area contributed by atoms with Gasteiger partial charge in [-0.15, -0.1) is 0 Å². The lowest BCUT2D eigenvalue weighted by atomic mass is 9.99. The van der Waals surface area contributed by atoms with Gasteiger partial charge >= 0.3 is 0 Å². The van der Waals surface area contributed by atoms with Crippen molar-refractivity contribution in [2.24, 2.45) is 0 Å². The van der Waals surface area contributed by atoms with Crippen molar-refractivity contribution in [1.29, 1.82) is 0 Å². The molecule has 0 aliphatic carbocycles. The topological polar surface area (TPSA) is 76.5 Å². The number of rotatable bonds is 9. The molecular weight excluding hydrogens is 497 g/mol. The molecule has 6 nitrogen and oxygen atoms in total. The molecule has 36 heavy (non-hydrogen) atoms. The van der Waals surface area contributed by atoms with Gasteiger partial charge in [0.25, 0.3) is 0 Å². The maximum Gasteiger partial charge on any atom is 0.216 e. The van der Waals surface area contributed by atoms with Crippen molar-refractivity contribution in [1.82, 2.24) is 15.3 Å². The lowest BCUT2D eigenvalue weighted by Crippen LogP contribution is -2.17. The quantitative estimate of drug-likeness (QED) is 0.254. The highest BCUT2D eigenvalue weighted by atomic mass is 35.5. The van der Waals surface area contributed by atoms with Crippen LogP contribution < -0.4 is 14.8 Å². The van der Waals surface area contributed by atoms with E-state index >= 15 is 0 Å². The summed E-state index contributed by atoms with van der Waals surface area (Å²) in [5.74, 6) is 1.27. The van der Waals surface area contributed by atoms with Crippen LogP contribution in [-0.2, 0) is 6.54 Å². The Hall–Kier alpha value is -3.16. The standard InChI is InChI=1S/C28H27Cl2N3O3/c1-17-7-10-23(33-28(17)36-3)22-6-4-5-20(25(22)29)21-11-12-32-27(26(21)30)18-8-9-19(16-31-13-14-34)24(15-18)35-2/h4-12,15,31,34H,13-14,16H2,1-3H3. The second-order valence-electron chi connectivity index (χ2n) is 8.14. The summed E-state index contributed by atoms with van der Waals surface area (Å²) in [7, 11) is 3.22. The van der Waals surface area contributed by atoms with Crippen LogP contribution in [0.1, 0.15) is 11.1 Å². The Morgan fingerprint density at radius 1 is 0.917 bits per heavy atom. The zero-order valence-corrected chi connectivity index (χ0v) is 21.8. The molecule has 2 aromatic carbocycles. The van der Waals surface area contributed by atoms with Crippen LogP contribution in [-0.4, -0.2) is 42.4 Å². The minimum Gasteiger partial charge on any atom is -0.496 e. The Morgan fingerprint density at radius 3 is 2.44 bits per heavy atom. The predicted molar refractivity (Wildman–Crippen MR) is 145 cm³/mol. The van der Waals surface area contributed by atoms with Gasteiger partial charge < -0.3 is 19.9 Å². The van der Waals surface area contributed by atoms with Crippen molar-refractivity contribution >= 4 is 23.2 Å². The second kappa shape index (κ2) is 11.7. The number of hydrogen-bond donors (Lipinski definition) is 2. The number of aliphatic hydroxyl groups is 1. The van der Waals surface area contributed by atoms with Gasteiger partial charge in [0.1, 0.15) is 5.75 Å². The highest BCUT2D eigenvalue weighted by Crippen LogP contribution is 2.42. The van der Waals surface area contributed by atoms with Gasteiger partial charge in [0.15, 0.2) is 0 Å². The molecule has 0 bridgehead atoms. The average Bonchev–Trinajstić information content (AvgIpc) is 2.90. The molecule has 0 amide bonds. The number of aryl methyl sites for hydroxylation is 1. The fourth-order valence-electron chi connectivity index (χ4n) is 4.00. The molecule has 0 fully saturated rings. The van der Waals surface area contributed by atoms with Crippen LogP contribution in [0.2, 0.25) is 10.0 Å². The summed E-state index contributed by atoms with van der Waals surface area (Å²) in [6, 6.07) is 17.3. The molecule has 0 saturated carbocycles. The molecule has 0 unspecified atom stereocenters. The van der Waals surface area contributed by atoms with Crippen molar-refractivity contribution in [2.45, 2.75) is 13.5 Å². The summed E-state index contributed by atoms with van der Waals surface area (Å²) in [5.41, 5.74) is 6.40. The molecule has 0 atom stereocenters. The van der Waals surface area contributed by atoms with Gasteiger partial charge in [-0.3, -0.25) is 4.98 Å². The Labute approximate surface area is 220 Å². The number of aromatic nitrogens is 2. The lowest BCUT2D eigenvalue weighted by Gasteiger charge is -2.15. The summed E-state index contributed by atoms with van der Waals surface area (Å²) >= 11 is 13.8. The van der Waals surface area contributed by atoms with Gasteiger partial charge in [0, 0.05) is 52.7 Å². The number of benzene rings is 2. The van der Waals surface area contributed by atoms with E-state index in [4.69, 9.17) is 37.8 Å². The molecule has 8 heteroatoms. The monoisotopic (exact) mass is 523 g/mol. The first-order valence-corrected chi connectivity index (χ1v) is 12.2. The number of ether oxygens (including phenoxy) is 2. The van der Waals surface area contributed by atoms with E-state index in [-0.39, 0.29) is 6.61 Å². The molecule has 2 N–H and O–H groups in total. The number of methoxy groups -OCH3 is 2. The zero-order valence-electron chi connectivity index (χ0n) is 20.3. The number of nitrogens with zero attached hydrogens (tertiary/aromatic N) is 2. The van der Waals surface area contributed by atoms with Gasteiger partial charge in [-0.1, -0.05) is 59.6 Å². The minimum atomic E-state index is 0.0734. The Kier molecular flexibility index (Phi) is 8.44. The Bertz CT molecular complexity index is 1380. The molecule has 0 spiro atoms. The summed E-state index contributed by atoms with van der Waals surface area (Å²) in [6.07, 6.45) is 1.72. The maximum absolute atomic E-state index is 9.01. The molecular formula is C28H27Cl2N3O3. The lowest BCUT2D eigenvalue weighted by molar-refractivity contribution is 0.291. The summed E-state index contributed by atoms with van der Waals surface area (Å²) in [4.78, 5) is 9.16. The molecule has 186 valence electrons. The van der Waals surface area contributed by atoms with Gasteiger partial charge in [-0.05, 0) is 25.1 Å². The third kappa shape index (κ3) is 5.32. The van der Waals surface area contributed by atoms with Crippen LogP contribution in [0.4, 0.5) is 0 Å². The fourth-order valence-corrected chi connectivity index (χ4v) is 4.64. The zero-order chi connectivity index (χ0) is 25.7. The van der Waals surface area contributed by atoms with Crippen molar-refractivity contribution < 1.29 is 14.6 Å². The Morgan fingerprint density at radius 2 is 1.69 bits per heavy atom. The van der Waals surface area contributed by atoms with Crippen molar-refractivity contribution in [2.75, 3.05) is 27.4 Å². The van der Waals surface area contributed by atoms with Gasteiger partial charge in [0.2, 0.25) is 5.88 Å². The summed E-state index contributed by atoms with van der Waals surface area (Å²) in [6.45, 7) is 3.10. The highest BCUT2D eigenvalue weighted by molar-refractivity contribution is 6.39. The summed E-state index contributed by atoms with van der Waals surface area (Å²) in [5, 5.41) is 13.2. The van der Waals surface area contributed by atoms with E-state index in [2.05, 4.69) is 15.3 Å². The van der Waals surface area contributed by atoms with Crippen LogP contribution >= 0.6 is 23.2 Å². The van der Waals surface area contributed by atoms with Crippen molar-refractivity contribution in [3.8, 4) is 45.3 Å². The molecule has 2 heterocycles. The normalized spacial score (nSPS) is 10.9.